The molecule has 2 aromatic rings. The van der Waals surface area contributed by atoms with Crippen molar-refractivity contribution in [1.29, 1.82) is 0 Å². The summed E-state index contributed by atoms with van der Waals surface area (Å²) in [7, 11) is 0. The molecule has 2 heterocycles. The third-order valence-electron chi connectivity index (χ3n) is 4.06. The highest BCUT2D eigenvalue weighted by molar-refractivity contribution is 5.74. The van der Waals surface area contributed by atoms with Gasteiger partial charge >= 0.3 is 6.03 Å². The molecule has 1 atom stereocenters. The van der Waals surface area contributed by atoms with Gasteiger partial charge in [0, 0.05) is 32.4 Å². The van der Waals surface area contributed by atoms with Crippen LogP contribution in [-0.4, -0.2) is 53.1 Å². The van der Waals surface area contributed by atoms with E-state index in [1.807, 2.05) is 6.07 Å². The van der Waals surface area contributed by atoms with Crippen molar-refractivity contribution >= 4 is 6.03 Å². The number of benzene rings is 1. The fourth-order valence-corrected chi connectivity index (χ4v) is 2.69. The minimum atomic E-state index is -0.291. The third kappa shape index (κ3) is 4.55. The van der Waals surface area contributed by atoms with E-state index in [0.717, 1.165) is 17.8 Å². The fourth-order valence-electron chi connectivity index (χ4n) is 2.69. The highest BCUT2D eigenvalue weighted by Gasteiger charge is 2.21. The zero-order valence-corrected chi connectivity index (χ0v) is 13.9. The van der Waals surface area contributed by atoms with E-state index in [0.29, 0.717) is 32.8 Å². The van der Waals surface area contributed by atoms with Crippen LogP contribution in [0.15, 0.2) is 36.5 Å². The standard InChI is InChI=1S/C17H22FN5O2/c18-13-2-4-15(5-3-13)23-8-6-14(21-23)11-20-17(24)22-7-1-9-25-16(10-19)12-22/h2-6,8,16H,1,7,9-12,19H2,(H,20,24). The van der Waals surface area contributed by atoms with Gasteiger partial charge in [-0.05, 0) is 36.8 Å². The maximum absolute atomic E-state index is 13.0. The molecule has 1 aliphatic rings. The number of halogens is 1. The Kier molecular flexibility index (Phi) is 5.62. The molecule has 1 aromatic carbocycles. The van der Waals surface area contributed by atoms with Crippen LogP contribution in [0.5, 0.6) is 0 Å². The van der Waals surface area contributed by atoms with Crippen LogP contribution in [0.25, 0.3) is 5.69 Å². The first-order valence-electron chi connectivity index (χ1n) is 8.30. The summed E-state index contributed by atoms with van der Waals surface area (Å²) in [6.07, 6.45) is 2.45. The Morgan fingerprint density at radius 2 is 2.16 bits per heavy atom. The van der Waals surface area contributed by atoms with Gasteiger partial charge in [0.15, 0.2) is 0 Å². The fraction of sp³-hybridized carbons (Fsp3) is 0.412. The number of nitrogens with zero attached hydrogens (tertiary/aromatic N) is 3. The van der Waals surface area contributed by atoms with Crippen molar-refractivity contribution in [1.82, 2.24) is 20.0 Å². The van der Waals surface area contributed by atoms with E-state index in [1.165, 1.54) is 12.1 Å². The minimum absolute atomic E-state index is 0.120. The zero-order valence-electron chi connectivity index (χ0n) is 13.9. The van der Waals surface area contributed by atoms with Crippen LogP contribution in [0, 0.1) is 5.82 Å². The highest BCUT2D eigenvalue weighted by atomic mass is 19.1. The molecule has 1 fully saturated rings. The molecule has 7 nitrogen and oxygen atoms in total. The zero-order chi connectivity index (χ0) is 17.6. The van der Waals surface area contributed by atoms with Crippen molar-refractivity contribution in [2.45, 2.75) is 19.1 Å². The summed E-state index contributed by atoms with van der Waals surface area (Å²) in [5.74, 6) is -0.291. The van der Waals surface area contributed by atoms with E-state index >= 15 is 0 Å². The maximum Gasteiger partial charge on any atom is 0.317 e. The molecular formula is C17H22FN5O2. The third-order valence-corrected chi connectivity index (χ3v) is 4.06. The number of carbonyl (C=O) groups excluding carboxylic acids is 1. The highest BCUT2D eigenvalue weighted by Crippen LogP contribution is 2.09. The molecule has 0 saturated carbocycles. The summed E-state index contributed by atoms with van der Waals surface area (Å²) in [5.41, 5.74) is 7.13. The largest absolute Gasteiger partial charge is 0.375 e. The van der Waals surface area contributed by atoms with Crippen molar-refractivity contribution < 1.29 is 13.9 Å². The van der Waals surface area contributed by atoms with Gasteiger partial charge in [-0.15, -0.1) is 0 Å². The van der Waals surface area contributed by atoms with Crippen LogP contribution in [0.4, 0.5) is 9.18 Å². The van der Waals surface area contributed by atoms with Gasteiger partial charge < -0.3 is 20.7 Å². The molecule has 8 heteroatoms. The van der Waals surface area contributed by atoms with E-state index in [1.54, 1.807) is 27.9 Å². The van der Waals surface area contributed by atoms with Crippen molar-refractivity contribution in [2.24, 2.45) is 5.73 Å². The number of urea groups is 1. The second-order valence-electron chi connectivity index (χ2n) is 5.91. The topological polar surface area (TPSA) is 85.4 Å². The second kappa shape index (κ2) is 8.09. The van der Waals surface area contributed by atoms with Crippen molar-refractivity contribution in [3.63, 3.8) is 0 Å². The molecule has 0 aliphatic carbocycles. The smallest absolute Gasteiger partial charge is 0.317 e. The summed E-state index contributed by atoms with van der Waals surface area (Å²) < 4.78 is 20.2. The number of hydrogen-bond acceptors (Lipinski definition) is 4. The summed E-state index contributed by atoms with van der Waals surface area (Å²) in [5, 5.41) is 7.26. The Bertz CT molecular complexity index is 703. The molecule has 0 radical (unpaired) electrons. The maximum atomic E-state index is 13.0. The normalized spacial score (nSPS) is 18.0. The van der Waals surface area contributed by atoms with Gasteiger partial charge in [0.25, 0.3) is 0 Å². The number of amides is 2. The summed E-state index contributed by atoms with van der Waals surface area (Å²) in [4.78, 5) is 14.1. The molecule has 1 aliphatic heterocycles. The summed E-state index contributed by atoms with van der Waals surface area (Å²) in [6.45, 7) is 2.47. The summed E-state index contributed by atoms with van der Waals surface area (Å²) >= 11 is 0. The predicted molar refractivity (Wildman–Crippen MR) is 90.7 cm³/mol. The van der Waals surface area contributed by atoms with Crippen molar-refractivity contribution in [3.8, 4) is 5.69 Å². The van der Waals surface area contributed by atoms with Crippen molar-refractivity contribution in [3.05, 3.63) is 48.0 Å². The average Bonchev–Trinajstić information content (AvgIpc) is 2.96. The van der Waals surface area contributed by atoms with E-state index in [-0.39, 0.29) is 18.0 Å². The predicted octanol–water partition coefficient (Wildman–Crippen LogP) is 1.27. The van der Waals surface area contributed by atoms with E-state index in [2.05, 4.69) is 10.4 Å². The van der Waals surface area contributed by atoms with Crippen LogP contribution in [0.1, 0.15) is 12.1 Å². The first kappa shape index (κ1) is 17.4. The van der Waals surface area contributed by atoms with Gasteiger partial charge in [-0.3, -0.25) is 0 Å². The van der Waals surface area contributed by atoms with E-state index < -0.39 is 0 Å². The quantitative estimate of drug-likeness (QED) is 0.872. The molecule has 1 aromatic heterocycles. The molecule has 0 bridgehead atoms. The van der Waals surface area contributed by atoms with Gasteiger partial charge in [0.1, 0.15) is 5.82 Å². The number of rotatable bonds is 4. The van der Waals surface area contributed by atoms with Crippen LogP contribution < -0.4 is 11.1 Å². The Labute approximate surface area is 145 Å². The molecule has 3 N–H and O–H groups in total. The lowest BCUT2D eigenvalue weighted by Crippen LogP contribution is -2.44. The van der Waals surface area contributed by atoms with Crippen molar-refractivity contribution in [2.75, 3.05) is 26.2 Å². The number of carbonyl (C=O) groups is 1. The molecule has 134 valence electrons. The monoisotopic (exact) mass is 347 g/mol. The Morgan fingerprint density at radius 1 is 1.36 bits per heavy atom. The Hall–Kier alpha value is -2.45. The van der Waals surface area contributed by atoms with Crippen LogP contribution in [0.3, 0.4) is 0 Å². The number of nitrogens with one attached hydrogen (secondary N) is 1. The van der Waals surface area contributed by atoms with Crippen LogP contribution >= 0.6 is 0 Å². The van der Waals surface area contributed by atoms with Gasteiger partial charge in [-0.1, -0.05) is 0 Å². The van der Waals surface area contributed by atoms with Gasteiger partial charge in [-0.2, -0.15) is 5.10 Å². The van der Waals surface area contributed by atoms with Crippen LogP contribution in [-0.2, 0) is 11.3 Å². The molecule has 2 amide bonds. The molecule has 1 unspecified atom stereocenters. The minimum Gasteiger partial charge on any atom is -0.375 e. The average molecular weight is 347 g/mol. The molecule has 0 spiro atoms. The van der Waals surface area contributed by atoms with Crippen LogP contribution in [0.2, 0.25) is 0 Å². The molecule has 3 rings (SSSR count). The lowest BCUT2D eigenvalue weighted by atomic mass is 10.3. The Balaban J connectivity index is 1.56. The van der Waals surface area contributed by atoms with Gasteiger partial charge in [-0.25, -0.2) is 13.9 Å². The molecule has 1 saturated heterocycles. The SMILES string of the molecule is NCC1CN(C(=O)NCc2ccn(-c3ccc(F)cc3)n2)CCCO1. The molecule has 25 heavy (non-hydrogen) atoms. The number of aromatic nitrogens is 2. The lowest BCUT2D eigenvalue weighted by Gasteiger charge is -2.23. The van der Waals surface area contributed by atoms with E-state index in [9.17, 15) is 9.18 Å². The van der Waals surface area contributed by atoms with Gasteiger partial charge in [0.05, 0.1) is 24.0 Å². The van der Waals surface area contributed by atoms with Gasteiger partial charge in [0.2, 0.25) is 0 Å². The number of hydrogen-bond donors (Lipinski definition) is 2. The number of nitrogens with two attached hydrogens (primary N) is 1. The number of ether oxygens (including phenoxy) is 1. The second-order valence-corrected chi connectivity index (χ2v) is 5.91. The lowest BCUT2D eigenvalue weighted by molar-refractivity contribution is 0.0639. The first-order valence-corrected chi connectivity index (χ1v) is 8.30. The first-order chi connectivity index (χ1) is 12.2. The summed E-state index contributed by atoms with van der Waals surface area (Å²) in [6, 6.07) is 7.73. The van der Waals surface area contributed by atoms with E-state index in [4.69, 9.17) is 10.5 Å². The molecular weight excluding hydrogens is 325 g/mol. The Morgan fingerprint density at radius 3 is 2.92 bits per heavy atom.